The van der Waals surface area contributed by atoms with Crippen molar-refractivity contribution in [3.05, 3.63) is 90.5 Å². The smallest absolute Gasteiger partial charge is 0.237 e. The van der Waals surface area contributed by atoms with Crippen molar-refractivity contribution < 1.29 is 4.79 Å². The van der Waals surface area contributed by atoms with Crippen molar-refractivity contribution in [1.82, 2.24) is 14.8 Å². The fourth-order valence-electron chi connectivity index (χ4n) is 3.44. The number of aromatic nitrogens is 3. The van der Waals surface area contributed by atoms with Crippen LogP contribution in [0, 0.1) is 18.3 Å². The van der Waals surface area contributed by atoms with Crippen LogP contribution in [0.4, 0.5) is 5.69 Å². The lowest BCUT2D eigenvalue weighted by Gasteiger charge is -2.21. The summed E-state index contributed by atoms with van der Waals surface area (Å²) in [6.07, 6.45) is 0.267. The van der Waals surface area contributed by atoms with Gasteiger partial charge in [0.2, 0.25) is 5.91 Å². The summed E-state index contributed by atoms with van der Waals surface area (Å²) in [4.78, 5) is 14.8. The van der Waals surface area contributed by atoms with Gasteiger partial charge in [-0.15, -0.1) is 10.2 Å². The van der Waals surface area contributed by atoms with Gasteiger partial charge >= 0.3 is 0 Å². The van der Waals surface area contributed by atoms with Crippen LogP contribution in [0.1, 0.15) is 12.0 Å². The molecule has 1 aromatic heterocycles. The third-order valence-corrected chi connectivity index (χ3v) is 6.01. The Morgan fingerprint density at radius 1 is 0.970 bits per heavy atom. The molecule has 0 unspecified atom stereocenters. The third kappa shape index (κ3) is 5.30. The van der Waals surface area contributed by atoms with Gasteiger partial charge in [-0.3, -0.25) is 9.36 Å². The number of rotatable bonds is 8. The first-order valence-electron chi connectivity index (χ1n) is 10.6. The molecule has 0 saturated carbocycles. The van der Waals surface area contributed by atoms with E-state index in [1.807, 2.05) is 96.4 Å². The van der Waals surface area contributed by atoms with Crippen LogP contribution in [0.5, 0.6) is 0 Å². The van der Waals surface area contributed by atoms with Crippen LogP contribution in [0.25, 0.3) is 17.1 Å². The normalized spacial score (nSPS) is 10.5. The van der Waals surface area contributed by atoms with Gasteiger partial charge in [-0.25, -0.2) is 0 Å². The second kappa shape index (κ2) is 10.6. The van der Waals surface area contributed by atoms with E-state index in [1.165, 1.54) is 11.8 Å². The number of aryl methyl sites for hydroxylation is 1. The van der Waals surface area contributed by atoms with E-state index in [2.05, 4.69) is 16.3 Å². The number of nitrogens with zero attached hydrogens (tertiary/aromatic N) is 5. The summed E-state index contributed by atoms with van der Waals surface area (Å²) < 4.78 is 1.98. The Morgan fingerprint density at radius 2 is 1.64 bits per heavy atom. The molecule has 4 aromatic rings. The molecule has 164 valence electrons. The van der Waals surface area contributed by atoms with E-state index in [4.69, 9.17) is 5.26 Å². The van der Waals surface area contributed by atoms with Crippen LogP contribution >= 0.6 is 11.8 Å². The van der Waals surface area contributed by atoms with Crippen molar-refractivity contribution in [2.24, 2.45) is 0 Å². The Hall–Kier alpha value is -3.89. The van der Waals surface area contributed by atoms with Gasteiger partial charge in [-0.2, -0.15) is 5.26 Å². The van der Waals surface area contributed by atoms with Crippen LogP contribution in [0.3, 0.4) is 0 Å². The summed E-state index contributed by atoms with van der Waals surface area (Å²) in [5.74, 6) is 0.819. The number of hydrogen-bond donors (Lipinski definition) is 0. The topological polar surface area (TPSA) is 74.8 Å². The molecule has 0 spiro atoms. The first-order chi connectivity index (χ1) is 16.2. The molecule has 0 radical (unpaired) electrons. The van der Waals surface area contributed by atoms with Gasteiger partial charge in [0, 0.05) is 23.5 Å². The highest BCUT2D eigenvalue weighted by atomic mass is 32.2. The maximum absolute atomic E-state index is 13.1. The summed E-state index contributed by atoms with van der Waals surface area (Å²) in [7, 11) is 0. The number of benzene rings is 3. The molecule has 0 aliphatic heterocycles. The van der Waals surface area contributed by atoms with E-state index >= 15 is 0 Å². The van der Waals surface area contributed by atoms with E-state index in [-0.39, 0.29) is 18.1 Å². The third-order valence-electron chi connectivity index (χ3n) is 5.10. The van der Waals surface area contributed by atoms with Crippen LogP contribution in [0.2, 0.25) is 0 Å². The molecular formula is C26H23N5OS. The molecule has 4 rings (SSSR count). The number of amides is 1. The standard InChI is InChI=1S/C26H23N5OS/c1-20-13-15-23(16-14-20)31-25(21-9-4-2-5-10-21)28-29-26(31)33-19-24(32)30(18-8-17-27)22-11-6-3-7-12-22/h2-7,9-16H,8,18-19H2,1H3. The molecule has 0 N–H and O–H groups in total. The van der Waals surface area contributed by atoms with Crippen LogP contribution in [-0.4, -0.2) is 33.0 Å². The lowest BCUT2D eigenvalue weighted by Crippen LogP contribution is -2.33. The Bertz CT molecular complexity index is 1250. The van der Waals surface area contributed by atoms with Crippen molar-refractivity contribution in [1.29, 1.82) is 5.26 Å². The van der Waals surface area contributed by atoms with Crippen LogP contribution in [-0.2, 0) is 4.79 Å². The molecule has 33 heavy (non-hydrogen) atoms. The molecule has 0 saturated heterocycles. The molecule has 6 nitrogen and oxygen atoms in total. The Kier molecular flexibility index (Phi) is 7.18. The average Bonchev–Trinajstić information content (AvgIpc) is 3.28. The molecule has 0 fully saturated rings. The Balaban J connectivity index is 1.62. The number of carbonyl (C=O) groups is 1. The van der Waals surface area contributed by atoms with Gasteiger partial charge in [-0.05, 0) is 31.2 Å². The lowest BCUT2D eigenvalue weighted by molar-refractivity contribution is -0.116. The van der Waals surface area contributed by atoms with E-state index < -0.39 is 0 Å². The molecule has 7 heteroatoms. The highest BCUT2D eigenvalue weighted by Crippen LogP contribution is 2.28. The number of anilines is 1. The predicted molar refractivity (Wildman–Crippen MR) is 131 cm³/mol. The highest BCUT2D eigenvalue weighted by Gasteiger charge is 2.20. The summed E-state index contributed by atoms with van der Waals surface area (Å²) in [6, 6.07) is 29.6. The maximum Gasteiger partial charge on any atom is 0.237 e. The predicted octanol–water partition coefficient (Wildman–Crippen LogP) is 5.28. The van der Waals surface area contributed by atoms with Gasteiger partial charge in [0.1, 0.15) is 0 Å². The molecule has 0 bridgehead atoms. The van der Waals surface area contributed by atoms with Crippen molar-refractivity contribution in [2.75, 3.05) is 17.2 Å². The molecule has 1 amide bonds. The van der Waals surface area contributed by atoms with Gasteiger partial charge in [-0.1, -0.05) is 78.0 Å². The van der Waals surface area contributed by atoms with Crippen molar-refractivity contribution in [3.8, 4) is 23.1 Å². The van der Waals surface area contributed by atoms with Crippen LogP contribution in [0.15, 0.2) is 90.1 Å². The number of para-hydroxylation sites is 1. The lowest BCUT2D eigenvalue weighted by atomic mass is 10.2. The average molecular weight is 454 g/mol. The van der Waals surface area contributed by atoms with E-state index in [1.54, 1.807) is 4.90 Å². The Morgan fingerprint density at radius 3 is 2.30 bits per heavy atom. The fraction of sp³-hybridized carbons (Fsp3) is 0.154. The summed E-state index contributed by atoms with van der Waals surface area (Å²) in [5, 5.41) is 18.5. The number of carbonyl (C=O) groups excluding carboxylic acids is 1. The van der Waals surface area contributed by atoms with Crippen LogP contribution < -0.4 is 4.90 Å². The summed E-state index contributed by atoms with van der Waals surface area (Å²) >= 11 is 1.34. The molecular weight excluding hydrogens is 430 g/mol. The van der Waals surface area contributed by atoms with Gasteiger partial charge in [0.15, 0.2) is 11.0 Å². The van der Waals surface area contributed by atoms with Gasteiger partial charge < -0.3 is 4.90 Å². The second-order valence-corrected chi connectivity index (χ2v) is 8.36. The van der Waals surface area contributed by atoms with Gasteiger partial charge in [0.25, 0.3) is 0 Å². The van der Waals surface area contributed by atoms with Gasteiger partial charge in [0.05, 0.1) is 18.2 Å². The molecule has 0 aliphatic rings. The highest BCUT2D eigenvalue weighted by molar-refractivity contribution is 7.99. The zero-order chi connectivity index (χ0) is 23.0. The zero-order valence-electron chi connectivity index (χ0n) is 18.3. The van der Waals surface area contributed by atoms with E-state index in [0.29, 0.717) is 11.7 Å². The fourth-order valence-corrected chi connectivity index (χ4v) is 4.26. The molecule has 1 heterocycles. The van der Waals surface area contributed by atoms with Crippen molar-refractivity contribution >= 4 is 23.4 Å². The number of thioether (sulfide) groups is 1. The Labute approximate surface area is 197 Å². The SMILES string of the molecule is Cc1ccc(-n2c(SCC(=O)N(CCC#N)c3ccccc3)nnc2-c2ccccc2)cc1. The van der Waals surface area contributed by atoms with Crippen molar-refractivity contribution in [3.63, 3.8) is 0 Å². The monoisotopic (exact) mass is 453 g/mol. The molecule has 0 aliphatic carbocycles. The van der Waals surface area contributed by atoms with Crippen molar-refractivity contribution in [2.45, 2.75) is 18.5 Å². The minimum atomic E-state index is -0.0823. The number of hydrogen-bond acceptors (Lipinski definition) is 5. The minimum Gasteiger partial charge on any atom is -0.311 e. The summed E-state index contributed by atoms with van der Waals surface area (Å²) in [5.41, 5.74) is 3.82. The summed E-state index contributed by atoms with van der Waals surface area (Å²) in [6.45, 7) is 2.39. The first kappa shape index (κ1) is 22.3. The van der Waals surface area contributed by atoms with E-state index in [0.717, 1.165) is 28.3 Å². The minimum absolute atomic E-state index is 0.0823. The largest absolute Gasteiger partial charge is 0.311 e. The first-order valence-corrected chi connectivity index (χ1v) is 11.6. The zero-order valence-corrected chi connectivity index (χ0v) is 19.1. The quantitative estimate of drug-likeness (QED) is 0.339. The number of nitriles is 1. The van der Waals surface area contributed by atoms with E-state index in [9.17, 15) is 4.79 Å². The molecule has 3 aromatic carbocycles. The maximum atomic E-state index is 13.1. The second-order valence-electron chi connectivity index (χ2n) is 7.42. The molecule has 0 atom stereocenters.